The minimum absolute atomic E-state index is 0.205. The van der Waals surface area contributed by atoms with E-state index in [1.54, 1.807) is 29.2 Å². The third-order valence-corrected chi connectivity index (χ3v) is 4.47. The number of anilines is 1. The Morgan fingerprint density at radius 3 is 2.94 bits per heavy atom. The summed E-state index contributed by atoms with van der Waals surface area (Å²) in [6, 6.07) is 0. The van der Waals surface area contributed by atoms with Crippen molar-refractivity contribution in [2.75, 3.05) is 16.6 Å². The summed E-state index contributed by atoms with van der Waals surface area (Å²) in [5, 5.41) is 0. The number of aromatic nitrogens is 3. The zero-order chi connectivity index (χ0) is 11.2. The van der Waals surface area contributed by atoms with Crippen LogP contribution in [0.3, 0.4) is 0 Å². The van der Waals surface area contributed by atoms with E-state index < -0.39 is 10.0 Å². The normalized spacial score (nSPS) is 19.4. The van der Waals surface area contributed by atoms with Crippen LogP contribution in [0.15, 0.2) is 24.8 Å². The first-order valence-electron chi connectivity index (χ1n) is 4.96. The van der Waals surface area contributed by atoms with Crippen LogP contribution in [0.4, 0.5) is 5.82 Å². The van der Waals surface area contributed by atoms with E-state index in [-0.39, 0.29) is 5.75 Å². The number of rotatable bonds is 1. The van der Waals surface area contributed by atoms with Gasteiger partial charge in [0.05, 0.1) is 18.1 Å². The summed E-state index contributed by atoms with van der Waals surface area (Å²) in [4.78, 5) is 8.18. The number of nitrogens with zero attached hydrogens (tertiary/aromatic N) is 4. The molecule has 0 unspecified atom stereocenters. The topological polar surface area (TPSA) is 67.6 Å². The third-order valence-electron chi connectivity index (χ3n) is 2.62. The van der Waals surface area contributed by atoms with Crippen LogP contribution in [0.5, 0.6) is 0 Å². The Kier molecular flexibility index (Phi) is 1.90. The first kappa shape index (κ1) is 9.59. The van der Waals surface area contributed by atoms with E-state index in [2.05, 4.69) is 9.97 Å². The van der Waals surface area contributed by atoms with Crippen molar-refractivity contribution in [3.05, 3.63) is 24.8 Å². The summed E-state index contributed by atoms with van der Waals surface area (Å²) in [6.45, 7) is 0.509. The van der Waals surface area contributed by atoms with Crippen molar-refractivity contribution in [3.63, 3.8) is 0 Å². The average Bonchev–Trinajstić information content (AvgIpc) is 2.82. The Morgan fingerprint density at radius 2 is 2.19 bits per heavy atom. The Bertz CT molecular complexity index is 634. The van der Waals surface area contributed by atoms with Crippen LogP contribution in [-0.4, -0.2) is 35.1 Å². The molecule has 0 spiro atoms. The summed E-state index contributed by atoms with van der Waals surface area (Å²) in [5.74, 6) is 0.666. The highest BCUT2D eigenvalue weighted by molar-refractivity contribution is 7.93. The first-order chi connectivity index (χ1) is 7.67. The van der Waals surface area contributed by atoms with Gasteiger partial charge in [0.15, 0.2) is 11.5 Å². The summed E-state index contributed by atoms with van der Waals surface area (Å²) >= 11 is 0. The van der Waals surface area contributed by atoms with Crippen molar-refractivity contribution in [3.8, 4) is 0 Å². The lowest BCUT2D eigenvalue weighted by molar-refractivity contribution is 0.599. The Balaban J connectivity index is 2.12. The van der Waals surface area contributed by atoms with E-state index in [1.807, 2.05) is 0 Å². The standard InChI is InChI=1S/C9H10N4O2S/c14-16(15)5-1-3-13(16)9-7-12-4-2-10-8(12)6-11-9/h2,4,6-7H,1,3,5H2. The highest BCUT2D eigenvalue weighted by Crippen LogP contribution is 2.21. The summed E-state index contributed by atoms with van der Waals surface area (Å²) in [6.07, 6.45) is 7.34. The van der Waals surface area contributed by atoms with Crippen molar-refractivity contribution >= 4 is 21.5 Å². The van der Waals surface area contributed by atoms with E-state index in [9.17, 15) is 8.42 Å². The molecule has 0 saturated carbocycles. The fraction of sp³-hybridized carbons (Fsp3) is 0.333. The number of fused-ring (bicyclic) bond motifs is 1. The van der Waals surface area contributed by atoms with Crippen molar-refractivity contribution in [1.29, 1.82) is 0 Å². The van der Waals surface area contributed by atoms with Gasteiger partial charge >= 0.3 is 0 Å². The number of sulfonamides is 1. The molecule has 3 rings (SSSR count). The van der Waals surface area contributed by atoms with Gasteiger partial charge in [-0.2, -0.15) is 0 Å². The molecule has 2 aromatic heterocycles. The molecule has 2 aromatic rings. The molecular weight excluding hydrogens is 228 g/mol. The molecule has 0 amide bonds. The smallest absolute Gasteiger partial charge is 0.236 e. The Labute approximate surface area is 92.6 Å². The molecule has 0 aliphatic carbocycles. The molecule has 0 aromatic carbocycles. The molecule has 1 aliphatic heterocycles. The van der Waals surface area contributed by atoms with Crippen molar-refractivity contribution in [2.45, 2.75) is 6.42 Å². The summed E-state index contributed by atoms with van der Waals surface area (Å²) in [7, 11) is -3.15. The zero-order valence-corrected chi connectivity index (χ0v) is 9.26. The van der Waals surface area contributed by atoms with E-state index in [0.717, 1.165) is 0 Å². The fourth-order valence-corrected chi connectivity index (χ4v) is 3.34. The maximum absolute atomic E-state index is 11.7. The Hall–Kier alpha value is -1.63. The van der Waals surface area contributed by atoms with Crippen LogP contribution in [0.25, 0.3) is 5.65 Å². The molecule has 0 bridgehead atoms. The van der Waals surface area contributed by atoms with Gasteiger partial charge in [0.25, 0.3) is 0 Å². The number of imidazole rings is 1. The van der Waals surface area contributed by atoms with Gasteiger partial charge in [-0.3, -0.25) is 4.31 Å². The fourth-order valence-electron chi connectivity index (χ4n) is 1.84. The van der Waals surface area contributed by atoms with Gasteiger partial charge in [-0.05, 0) is 6.42 Å². The molecule has 0 radical (unpaired) electrons. The molecule has 6 nitrogen and oxygen atoms in total. The molecule has 1 saturated heterocycles. The van der Waals surface area contributed by atoms with Crippen LogP contribution >= 0.6 is 0 Å². The molecule has 1 aliphatic rings. The quantitative estimate of drug-likeness (QED) is 0.715. The molecule has 7 heteroatoms. The minimum Gasteiger partial charge on any atom is -0.302 e. The average molecular weight is 238 g/mol. The Morgan fingerprint density at radius 1 is 1.31 bits per heavy atom. The minimum atomic E-state index is -3.15. The predicted molar refractivity (Wildman–Crippen MR) is 58.7 cm³/mol. The van der Waals surface area contributed by atoms with Gasteiger partial charge in [-0.1, -0.05) is 0 Å². The van der Waals surface area contributed by atoms with Crippen LogP contribution < -0.4 is 4.31 Å². The zero-order valence-electron chi connectivity index (χ0n) is 8.44. The molecule has 0 N–H and O–H groups in total. The second-order valence-electron chi connectivity index (χ2n) is 3.68. The van der Waals surface area contributed by atoms with E-state index in [0.29, 0.717) is 24.4 Å². The van der Waals surface area contributed by atoms with Crippen LogP contribution in [-0.2, 0) is 10.0 Å². The molecular formula is C9H10N4O2S. The summed E-state index contributed by atoms with van der Waals surface area (Å²) in [5.41, 5.74) is 0.709. The lowest BCUT2D eigenvalue weighted by atomic mass is 10.5. The first-order valence-corrected chi connectivity index (χ1v) is 6.57. The molecule has 16 heavy (non-hydrogen) atoms. The van der Waals surface area contributed by atoms with Crippen LogP contribution in [0.2, 0.25) is 0 Å². The van der Waals surface area contributed by atoms with Crippen molar-refractivity contribution < 1.29 is 8.42 Å². The van der Waals surface area contributed by atoms with Gasteiger partial charge in [0.1, 0.15) is 0 Å². The number of hydrogen-bond acceptors (Lipinski definition) is 4. The maximum atomic E-state index is 11.7. The lowest BCUT2D eigenvalue weighted by Gasteiger charge is -2.15. The largest absolute Gasteiger partial charge is 0.302 e. The lowest BCUT2D eigenvalue weighted by Crippen LogP contribution is -2.26. The van der Waals surface area contributed by atoms with Gasteiger partial charge in [-0.25, -0.2) is 18.4 Å². The molecule has 1 fully saturated rings. The van der Waals surface area contributed by atoms with E-state index >= 15 is 0 Å². The van der Waals surface area contributed by atoms with Gasteiger partial charge in [-0.15, -0.1) is 0 Å². The highest BCUT2D eigenvalue weighted by Gasteiger charge is 2.29. The predicted octanol–water partition coefficient (Wildman–Crippen LogP) is 0.269. The molecule has 0 atom stereocenters. The number of hydrogen-bond donors (Lipinski definition) is 0. The van der Waals surface area contributed by atoms with Crippen molar-refractivity contribution in [1.82, 2.24) is 14.4 Å². The van der Waals surface area contributed by atoms with Crippen molar-refractivity contribution in [2.24, 2.45) is 0 Å². The summed E-state index contributed by atoms with van der Waals surface area (Å²) < 4.78 is 26.5. The van der Waals surface area contributed by atoms with Crippen LogP contribution in [0, 0.1) is 0 Å². The maximum Gasteiger partial charge on any atom is 0.236 e. The second kappa shape index (κ2) is 3.18. The van der Waals surface area contributed by atoms with E-state index in [1.165, 1.54) is 4.31 Å². The third kappa shape index (κ3) is 1.35. The van der Waals surface area contributed by atoms with Gasteiger partial charge < -0.3 is 4.40 Å². The second-order valence-corrected chi connectivity index (χ2v) is 5.69. The van der Waals surface area contributed by atoms with Gasteiger partial charge in [0.2, 0.25) is 10.0 Å². The van der Waals surface area contributed by atoms with E-state index in [4.69, 9.17) is 0 Å². The molecule has 3 heterocycles. The SMILES string of the molecule is O=S1(=O)CCCN1c1cn2ccnc2cn1. The van der Waals surface area contributed by atoms with Gasteiger partial charge in [0, 0.05) is 18.9 Å². The van der Waals surface area contributed by atoms with Crippen LogP contribution in [0.1, 0.15) is 6.42 Å². The molecule has 84 valence electrons. The monoisotopic (exact) mass is 238 g/mol. The highest BCUT2D eigenvalue weighted by atomic mass is 32.2.